The lowest BCUT2D eigenvalue weighted by Crippen LogP contribution is -2.46. The molecule has 2 fully saturated rings. The summed E-state index contributed by atoms with van der Waals surface area (Å²) < 4.78 is 44.8. The summed E-state index contributed by atoms with van der Waals surface area (Å²) in [5.41, 5.74) is 8.23. The standard InChI is InChI=1S/C28H33F3N6/c1-18-10-20(32)17-37(15-18)26-6-7-33-14-25(26)34-13-21-4-5-22(29)28(35-21)27-23(30)11-19(12-24(27)31)16-36-8-2-3-9-36/h4-7,11-12,14,18,20,34H,2-3,8-10,13,15-17,32H2,1H3. The van der Waals surface area contributed by atoms with Gasteiger partial charge in [-0.15, -0.1) is 0 Å². The fourth-order valence-electron chi connectivity index (χ4n) is 5.48. The highest BCUT2D eigenvalue weighted by Crippen LogP contribution is 2.31. The van der Waals surface area contributed by atoms with Crippen LogP contribution in [0.3, 0.4) is 0 Å². The van der Waals surface area contributed by atoms with Gasteiger partial charge in [-0.05, 0) is 74.2 Å². The fourth-order valence-corrected chi connectivity index (χ4v) is 5.48. The summed E-state index contributed by atoms with van der Waals surface area (Å²) in [5, 5.41) is 3.31. The lowest BCUT2D eigenvalue weighted by atomic mass is 9.96. The Balaban J connectivity index is 1.35. The van der Waals surface area contributed by atoms with Gasteiger partial charge < -0.3 is 16.0 Å². The third-order valence-electron chi connectivity index (χ3n) is 7.14. The highest BCUT2D eigenvalue weighted by atomic mass is 19.1. The van der Waals surface area contributed by atoms with Crippen molar-refractivity contribution in [2.75, 3.05) is 36.4 Å². The molecule has 0 amide bonds. The van der Waals surface area contributed by atoms with Crippen LogP contribution in [0, 0.1) is 23.4 Å². The van der Waals surface area contributed by atoms with Gasteiger partial charge in [0, 0.05) is 31.9 Å². The normalized spacial score (nSPS) is 20.4. The fraction of sp³-hybridized carbons (Fsp3) is 0.429. The predicted octanol–water partition coefficient (Wildman–Crippen LogP) is 4.94. The molecule has 4 heterocycles. The number of pyridine rings is 2. The summed E-state index contributed by atoms with van der Waals surface area (Å²) in [4.78, 5) is 12.9. The number of aromatic nitrogens is 2. The number of anilines is 2. The summed E-state index contributed by atoms with van der Waals surface area (Å²) in [6.45, 7) is 6.35. The number of benzene rings is 1. The molecule has 1 aromatic carbocycles. The molecule has 2 saturated heterocycles. The Bertz CT molecular complexity index is 1210. The van der Waals surface area contributed by atoms with E-state index in [1.807, 2.05) is 6.07 Å². The SMILES string of the molecule is CC1CC(N)CN(c2ccncc2NCc2ccc(F)c(-c3c(F)cc(CN4CCCC4)cc3F)n2)C1. The van der Waals surface area contributed by atoms with Gasteiger partial charge in [0.2, 0.25) is 0 Å². The second kappa shape index (κ2) is 11.1. The average Bonchev–Trinajstić information content (AvgIpc) is 3.36. The Morgan fingerprint density at radius 3 is 2.51 bits per heavy atom. The number of halogens is 3. The van der Waals surface area contributed by atoms with Crippen LogP contribution in [-0.2, 0) is 13.1 Å². The Hall–Kier alpha value is -3.17. The smallest absolute Gasteiger partial charge is 0.149 e. The number of hydrogen-bond donors (Lipinski definition) is 2. The number of nitrogens with one attached hydrogen (secondary N) is 1. The van der Waals surface area contributed by atoms with Crippen LogP contribution in [-0.4, -0.2) is 47.1 Å². The van der Waals surface area contributed by atoms with Crippen LogP contribution in [0.2, 0.25) is 0 Å². The third kappa shape index (κ3) is 5.88. The summed E-state index contributed by atoms with van der Waals surface area (Å²) in [6.07, 6.45) is 6.62. The van der Waals surface area contributed by atoms with Gasteiger partial charge in [-0.25, -0.2) is 18.2 Å². The molecular formula is C28H33F3N6. The second-order valence-corrected chi connectivity index (χ2v) is 10.3. The Morgan fingerprint density at radius 1 is 1.03 bits per heavy atom. The van der Waals surface area contributed by atoms with Crippen LogP contribution in [0.1, 0.15) is 37.4 Å². The van der Waals surface area contributed by atoms with Gasteiger partial charge in [0.25, 0.3) is 0 Å². The number of nitrogens with zero attached hydrogens (tertiary/aromatic N) is 4. The Morgan fingerprint density at radius 2 is 1.78 bits per heavy atom. The van der Waals surface area contributed by atoms with E-state index >= 15 is 8.78 Å². The highest BCUT2D eigenvalue weighted by molar-refractivity contribution is 5.69. The van der Waals surface area contributed by atoms with Gasteiger partial charge in [0.1, 0.15) is 23.1 Å². The molecule has 0 bridgehead atoms. The molecule has 0 spiro atoms. The van der Waals surface area contributed by atoms with Crippen LogP contribution in [0.25, 0.3) is 11.3 Å². The largest absolute Gasteiger partial charge is 0.376 e. The van der Waals surface area contributed by atoms with E-state index in [-0.39, 0.29) is 18.3 Å². The van der Waals surface area contributed by atoms with Crippen LogP contribution in [0.15, 0.2) is 42.7 Å². The second-order valence-electron chi connectivity index (χ2n) is 10.3. The maximum absolute atomic E-state index is 15.1. The number of piperidine rings is 1. The van der Waals surface area contributed by atoms with Crippen molar-refractivity contribution in [2.45, 2.75) is 45.3 Å². The average molecular weight is 511 g/mol. The maximum Gasteiger partial charge on any atom is 0.149 e. The molecule has 6 nitrogen and oxygen atoms in total. The van der Waals surface area contributed by atoms with E-state index in [2.05, 4.69) is 32.0 Å². The van der Waals surface area contributed by atoms with E-state index in [1.165, 1.54) is 24.3 Å². The molecule has 37 heavy (non-hydrogen) atoms. The van der Waals surface area contributed by atoms with Crippen LogP contribution < -0.4 is 16.0 Å². The molecule has 2 aliphatic heterocycles. The monoisotopic (exact) mass is 510 g/mol. The molecule has 0 radical (unpaired) electrons. The minimum absolute atomic E-state index is 0.0950. The summed E-state index contributed by atoms with van der Waals surface area (Å²) in [6, 6.07) is 7.32. The van der Waals surface area contributed by atoms with Crippen molar-refractivity contribution in [3.8, 4) is 11.3 Å². The summed E-state index contributed by atoms with van der Waals surface area (Å²) in [5.74, 6) is -1.92. The maximum atomic E-state index is 15.1. The van der Waals surface area contributed by atoms with Gasteiger partial charge in [-0.3, -0.25) is 9.88 Å². The van der Waals surface area contributed by atoms with E-state index in [0.29, 0.717) is 23.7 Å². The van der Waals surface area contributed by atoms with E-state index in [1.54, 1.807) is 12.4 Å². The van der Waals surface area contributed by atoms with Gasteiger partial charge in [-0.2, -0.15) is 0 Å². The molecule has 3 N–H and O–H groups in total. The van der Waals surface area contributed by atoms with Gasteiger partial charge in [0.15, 0.2) is 0 Å². The van der Waals surface area contributed by atoms with Crippen molar-refractivity contribution in [1.29, 1.82) is 0 Å². The molecule has 0 aliphatic carbocycles. The molecule has 3 aromatic rings. The molecule has 2 unspecified atom stereocenters. The number of hydrogen-bond acceptors (Lipinski definition) is 6. The lowest BCUT2D eigenvalue weighted by molar-refractivity contribution is 0.330. The van der Waals surface area contributed by atoms with Crippen molar-refractivity contribution < 1.29 is 13.2 Å². The van der Waals surface area contributed by atoms with Gasteiger partial charge in [-0.1, -0.05) is 6.92 Å². The van der Waals surface area contributed by atoms with E-state index in [4.69, 9.17) is 5.73 Å². The highest BCUT2D eigenvalue weighted by Gasteiger charge is 2.24. The molecule has 2 aromatic heterocycles. The Kier molecular flexibility index (Phi) is 7.62. The molecule has 5 rings (SSSR count). The minimum Gasteiger partial charge on any atom is -0.376 e. The third-order valence-corrected chi connectivity index (χ3v) is 7.14. The molecule has 2 aliphatic rings. The topological polar surface area (TPSA) is 70.3 Å². The number of nitrogens with two attached hydrogens (primary N) is 1. The van der Waals surface area contributed by atoms with Crippen molar-refractivity contribution >= 4 is 11.4 Å². The first-order valence-corrected chi connectivity index (χ1v) is 12.9. The zero-order valence-electron chi connectivity index (χ0n) is 21.1. The zero-order valence-corrected chi connectivity index (χ0v) is 21.1. The molecule has 9 heteroatoms. The first kappa shape index (κ1) is 25.5. The quantitative estimate of drug-likeness (QED) is 0.469. The van der Waals surface area contributed by atoms with Crippen molar-refractivity contribution in [1.82, 2.24) is 14.9 Å². The zero-order chi connectivity index (χ0) is 25.9. The molecule has 0 saturated carbocycles. The number of rotatable bonds is 7. The van der Waals surface area contributed by atoms with Crippen LogP contribution in [0.4, 0.5) is 24.5 Å². The summed E-state index contributed by atoms with van der Waals surface area (Å²) >= 11 is 0. The van der Waals surface area contributed by atoms with Crippen molar-refractivity contribution in [2.24, 2.45) is 11.7 Å². The van der Waals surface area contributed by atoms with E-state index < -0.39 is 23.0 Å². The van der Waals surface area contributed by atoms with Crippen LogP contribution >= 0.6 is 0 Å². The van der Waals surface area contributed by atoms with E-state index in [0.717, 1.165) is 56.8 Å². The molecule has 196 valence electrons. The first-order valence-electron chi connectivity index (χ1n) is 12.9. The van der Waals surface area contributed by atoms with Gasteiger partial charge >= 0.3 is 0 Å². The molecular weight excluding hydrogens is 477 g/mol. The Labute approximate surface area is 215 Å². The van der Waals surface area contributed by atoms with Crippen molar-refractivity contribution in [3.05, 3.63) is 71.4 Å². The minimum atomic E-state index is -0.809. The summed E-state index contributed by atoms with van der Waals surface area (Å²) in [7, 11) is 0. The lowest BCUT2D eigenvalue weighted by Gasteiger charge is -2.37. The van der Waals surface area contributed by atoms with Gasteiger partial charge in [0.05, 0.1) is 35.4 Å². The predicted molar refractivity (Wildman–Crippen MR) is 140 cm³/mol. The first-order chi connectivity index (χ1) is 17.9. The molecule has 2 atom stereocenters. The van der Waals surface area contributed by atoms with Crippen molar-refractivity contribution in [3.63, 3.8) is 0 Å². The van der Waals surface area contributed by atoms with E-state index in [9.17, 15) is 4.39 Å². The number of likely N-dealkylation sites (tertiary alicyclic amines) is 1. The van der Waals surface area contributed by atoms with Crippen LogP contribution in [0.5, 0.6) is 0 Å².